The molecule has 0 aromatic rings. The Morgan fingerprint density at radius 1 is 1.00 bits per heavy atom. The van der Waals surface area contributed by atoms with Crippen molar-refractivity contribution in [2.24, 2.45) is 0 Å². The highest BCUT2D eigenvalue weighted by molar-refractivity contribution is 7.07. The van der Waals surface area contributed by atoms with E-state index >= 15 is 0 Å². The van der Waals surface area contributed by atoms with E-state index in [0.29, 0.717) is 0 Å². The fourth-order valence-electron chi connectivity index (χ4n) is 0.739. The monoisotopic (exact) mass is 272 g/mol. The lowest BCUT2D eigenvalue weighted by molar-refractivity contribution is 0.260. The lowest BCUT2D eigenvalue weighted by Crippen LogP contribution is -2.49. The van der Waals surface area contributed by atoms with E-state index in [1.54, 1.807) is 0 Å². The molecule has 0 bridgehead atoms. The summed E-state index contributed by atoms with van der Waals surface area (Å²) in [6, 6.07) is 0. The van der Waals surface area contributed by atoms with Crippen LogP contribution in [0, 0.1) is 0 Å². The van der Waals surface area contributed by atoms with Gasteiger partial charge in [0.1, 0.15) is 5.56 Å². The Morgan fingerprint density at radius 2 is 1.55 bits per heavy atom. The van der Waals surface area contributed by atoms with Crippen LogP contribution in [0.15, 0.2) is 0 Å². The van der Waals surface area contributed by atoms with Crippen LogP contribution in [0.1, 0.15) is 0 Å². The molecule has 66 valence electrons. The number of hydrogen-bond acceptors (Lipinski definition) is 1. The molecule has 0 aromatic heterocycles. The van der Waals surface area contributed by atoms with E-state index in [9.17, 15) is 0 Å². The molecule has 0 radical (unpaired) electrons. The van der Waals surface area contributed by atoms with Gasteiger partial charge in [-0.3, -0.25) is 0 Å². The summed E-state index contributed by atoms with van der Waals surface area (Å²) in [7, 11) is -1.95. The molecule has 0 aromatic carbocycles. The average Bonchev–Trinajstić information content (AvgIpc) is 1.97. The number of alkyl halides is 4. The predicted molar refractivity (Wildman–Crippen MR) is 52.7 cm³/mol. The van der Waals surface area contributed by atoms with Crippen LogP contribution in [0.5, 0.6) is 0 Å². The second-order valence-electron chi connectivity index (χ2n) is 2.17. The molecule has 0 spiro atoms. The molecule has 0 aliphatic carbocycles. The molecule has 1 aliphatic rings. The van der Waals surface area contributed by atoms with Crippen molar-refractivity contribution >= 4 is 65.8 Å². The molecule has 1 nitrogen and oxygen atoms in total. The molecule has 1 heterocycles. The largest absolute Gasteiger partial charge is 0.386 e. The Morgan fingerprint density at radius 3 is 2.09 bits per heavy atom. The second kappa shape index (κ2) is 4.23. The third kappa shape index (κ3) is 2.30. The summed E-state index contributed by atoms with van der Waals surface area (Å²) in [5.41, 5.74) is -0.608. The molecule has 11 heavy (non-hydrogen) atoms. The van der Waals surface area contributed by atoms with Crippen molar-refractivity contribution in [2.45, 2.75) is 21.3 Å². The minimum absolute atomic E-state index is 0.365. The van der Waals surface area contributed by atoms with Gasteiger partial charge in [0.15, 0.2) is 0 Å². The lowest BCUT2D eigenvalue weighted by Gasteiger charge is -2.33. The molecule has 1 saturated heterocycles. The first-order chi connectivity index (χ1) is 5.04. The van der Waals surface area contributed by atoms with Crippen LogP contribution in [-0.4, -0.2) is 29.7 Å². The molecule has 0 N–H and O–H groups in total. The zero-order valence-electron chi connectivity index (χ0n) is 5.18. The Balaban J connectivity index is 2.63. The molecular weight excluding hydrogens is 269 g/mol. The van der Waals surface area contributed by atoms with E-state index in [1.165, 1.54) is 0 Å². The Hall–Kier alpha value is 1.63. The summed E-state index contributed by atoms with van der Waals surface area (Å²) in [5.74, 6) is 0. The van der Waals surface area contributed by atoms with Crippen molar-refractivity contribution < 1.29 is 4.43 Å². The van der Waals surface area contributed by atoms with Gasteiger partial charge in [0.25, 0.3) is 8.35 Å². The maximum Gasteiger partial charge on any atom is 0.294 e. The van der Waals surface area contributed by atoms with Crippen LogP contribution in [0.25, 0.3) is 0 Å². The smallest absolute Gasteiger partial charge is 0.294 e. The normalized spacial score (nSPS) is 52.6. The van der Waals surface area contributed by atoms with Gasteiger partial charge < -0.3 is 4.43 Å². The minimum atomic E-state index is -1.95. The van der Waals surface area contributed by atoms with Gasteiger partial charge in [-0.25, -0.2) is 0 Å². The van der Waals surface area contributed by atoms with E-state index in [0.717, 1.165) is 0 Å². The van der Waals surface area contributed by atoms with E-state index in [1.807, 2.05) is 0 Å². The lowest BCUT2D eigenvalue weighted by atomic mass is 10.3. The Kier molecular flexibility index (Phi) is 4.11. The Bertz CT molecular complexity index is 132. The second-order valence-corrected chi connectivity index (χ2v) is 7.52. The van der Waals surface area contributed by atoms with Crippen molar-refractivity contribution in [1.82, 2.24) is 0 Å². The van der Waals surface area contributed by atoms with Gasteiger partial charge in [0, 0.05) is 0 Å². The first kappa shape index (κ1) is 10.7. The molecule has 1 rings (SSSR count). The Labute approximate surface area is 91.3 Å². The van der Waals surface area contributed by atoms with Gasteiger partial charge in [-0.05, 0) is 0 Å². The fraction of sp³-hybridized carbons (Fsp3) is 1.00. The van der Waals surface area contributed by atoms with Crippen LogP contribution >= 0.6 is 57.5 Å². The van der Waals surface area contributed by atoms with Crippen molar-refractivity contribution in [2.75, 3.05) is 0 Å². The van der Waals surface area contributed by atoms with Crippen molar-refractivity contribution in [1.29, 1.82) is 0 Å². The van der Waals surface area contributed by atoms with Gasteiger partial charge in [0.2, 0.25) is 0 Å². The quantitative estimate of drug-likeness (QED) is 0.374. The molecule has 0 saturated carbocycles. The van der Waals surface area contributed by atoms with Crippen LogP contribution in [0.4, 0.5) is 0 Å². The van der Waals surface area contributed by atoms with Crippen LogP contribution in [-0.2, 0) is 4.43 Å². The highest BCUT2D eigenvalue weighted by Gasteiger charge is 2.43. The van der Waals surface area contributed by atoms with E-state index < -0.39 is 24.7 Å². The standard InChI is InChI=1S/C4H5Cl5OSi/c5-1-2(6)4(8)11(9)10-3(1)7/h1-4,11H. The maximum absolute atomic E-state index is 5.83. The van der Waals surface area contributed by atoms with Gasteiger partial charge in [-0.1, -0.05) is 11.6 Å². The zero-order valence-corrected chi connectivity index (χ0v) is 10.1. The van der Waals surface area contributed by atoms with Gasteiger partial charge >= 0.3 is 0 Å². The number of rotatable bonds is 0. The van der Waals surface area contributed by atoms with Crippen LogP contribution < -0.4 is 0 Å². The number of halogens is 5. The first-order valence-corrected chi connectivity index (χ1v) is 7.53. The van der Waals surface area contributed by atoms with E-state index in [2.05, 4.69) is 0 Å². The number of hydrogen-bond donors (Lipinski definition) is 0. The summed E-state index contributed by atoms with van der Waals surface area (Å²) < 4.78 is 5.10. The van der Waals surface area contributed by atoms with Gasteiger partial charge in [-0.15, -0.1) is 45.9 Å². The molecule has 1 fully saturated rings. The van der Waals surface area contributed by atoms with Crippen molar-refractivity contribution in [3.05, 3.63) is 0 Å². The summed E-state index contributed by atoms with van der Waals surface area (Å²) >= 11 is 28.9. The summed E-state index contributed by atoms with van der Waals surface area (Å²) in [5, 5.41) is -1.23. The third-order valence-corrected chi connectivity index (χ3v) is 7.53. The topological polar surface area (TPSA) is 9.23 Å². The highest BCUT2D eigenvalue weighted by Crippen LogP contribution is 2.33. The van der Waals surface area contributed by atoms with Crippen molar-refractivity contribution in [3.63, 3.8) is 0 Å². The first-order valence-electron chi connectivity index (χ1n) is 2.90. The molecule has 0 amide bonds. The fourth-order valence-corrected chi connectivity index (χ4v) is 4.98. The summed E-state index contributed by atoms with van der Waals surface area (Å²) in [6.45, 7) is 0. The third-order valence-electron chi connectivity index (χ3n) is 1.37. The predicted octanol–water partition coefficient (Wildman–Crippen LogP) is 2.40. The molecule has 1 aliphatic heterocycles. The van der Waals surface area contributed by atoms with E-state index in [-0.39, 0.29) is 5.00 Å². The summed E-state index contributed by atoms with van der Waals surface area (Å²) in [6.07, 6.45) is 0. The SMILES string of the molecule is ClC1O[SiH](Cl)C(Cl)C(Cl)C1Cl. The van der Waals surface area contributed by atoms with Crippen LogP contribution in [0.2, 0.25) is 0 Å². The van der Waals surface area contributed by atoms with Crippen molar-refractivity contribution in [3.8, 4) is 0 Å². The average molecular weight is 274 g/mol. The molecule has 5 atom stereocenters. The van der Waals surface area contributed by atoms with Gasteiger partial charge in [-0.2, -0.15) is 0 Å². The maximum atomic E-state index is 5.83. The molecular formula is C4H5Cl5OSi. The zero-order chi connectivity index (χ0) is 8.59. The highest BCUT2D eigenvalue weighted by atomic mass is 35.6. The summed E-state index contributed by atoms with van der Waals surface area (Å²) in [4.78, 5) is 0. The molecule has 7 heteroatoms. The van der Waals surface area contributed by atoms with Crippen LogP contribution in [0.3, 0.4) is 0 Å². The van der Waals surface area contributed by atoms with Gasteiger partial charge in [0.05, 0.1) is 15.8 Å². The van der Waals surface area contributed by atoms with E-state index in [4.69, 9.17) is 61.9 Å². The molecule has 5 unspecified atom stereocenters. The minimum Gasteiger partial charge on any atom is -0.386 e.